The van der Waals surface area contributed by atoms with Gasteiger partial charge in [-0.25, -0.2) is 0 Å². The van der Waals surface area contributed by atoms with E-state index < -0.39 is 0 Å². The largest absolute Gasteiger partial charge is 0.504 e. The van der Waals surface area contributed by atoms with E-state index in [-0.39, 0.29) is 16.7 Å². The van der Waals surface area contributed by atoms with Crippen molar-refractivity contribution in [2.45, 2.75) is 0 Å². The molecule has 2 rings (SSSR count). The van der Waals surface area contributed by atoms with Crippen molar-refractivity contribution in [1.82, 2.24) is 0 Å². The van der Waals surface area contributed by atoms with Gasteiger partial charge in [0.25, 0.3) is 5.17 Å². The molecule has 116 valence electrons. The number of nitrogens with one attached hydrogen (secondary N) is 1. The molecule has 0 saturated heterocycles. The Bertz CT molecular complexity index is 693. The van der Waals surface area contributed by atoms with Crippen LogP contribution in [0.15, 0.2) is 36.4 Å². The van der Waals surface area contributed by atoms with Crippen LogP contribution in [-0.4, -0.2) is 24.5 Å². The molecule has 0 fully saturated rings. The number of phenols is 1. The molecule has 0 unspecified atom stereocenters. The van der Waals surface area contributed by atoms with E-state index >= 15 is 0 Å². The molecule has 0 bridgehead atoms. The summed E-state index contributed by atoms with van der Waals surface area (Å²) in [6.45, 7) is 0. The molecule has 0 aliphatic carbocycles. The number of aromatic hydroxyl groups is 1. The molecular weight excluding hydrogens is 326 g/mol. The predicted molar refractivity (Wildman–Crippen MR) is 89.5 cm³/mol. The predicted octanol–water partition coefficient (Wildman–Crippen LogP) is 3.84. The highest BCUT2D eigenvalue weighted by molar-refractivity contribution is 7.80. The van der Waals surface area contributed by atoms with Gasteiger partial charge in [-0.3, -0.25) is 0 Å². The molecule has 2 N–H and O–H groups in total. The summed E-state index contributed by atoms with van der Waals surface area (Å²) in [5.74, 6) is 1.21. The minimum atomic E-state index is -0.00798. The first-order chi connectivity index (χ1) is 10.5. The Morgan fingerprint density at radius 3 is 2.41 bits per heavy atom. The standard InChI is InChI=1S/C15H14ClNO4S/c1-19-13-8-14(20-2)10(7-9(13)16)17-15(22)21-12-6-4-3-5-11(12)18/h3-8,18H,1-2H3,(H,17,22). The summed E-state index contributed by atoms with van der Waals surface area (Å²) in [5.41, 5.74) is 0.522. The van der Waals surface area contributed by atoms with Gasteiger partial charge >= 0.3 is 0 Å². The van der Waals surface area contributed by atoms with E-state index in [9.17, 15) is 5.11 Å². The Balaban J connectivity index is 2.18. The summed E-state index contributed by atoms with van der Waals surface area (Å²) in [5, 5.41) is 13.0. The fourth-order valence-corrected chi connectivity index (χ4v) is 2.18. The van der Waals surface area contributed by atoms with Gasteiger partial charge in [-0.2, -0.15) is 0 Å². The highest BCUT2D eigenvalue weighted by Crippen LogP contribution is 2.36. The summed E-state index contributed by atoms with van der Waals surface area (Å²) in [6.07, 6.45) is 0. The Morgan fingerprint density at radius 2 is 1.77 bits per heavy atom. The van der Waals surface area contributed by atoms with Crippen LogP contribution in [-0.2, 0) is 0 Å². The number of halogens is 1. The number of hydrogen-bond acceptors (Lipinski definition) is 5. The molecule has 2 aromatic rings. The Kier molecular flexibility index (Phi) is 5.30. The molecule has 0 aliphatic heterocycles. The number of hydrogen-bond donors (Lipinski definition) is 2. The zero-order chi connectivity index (χ0) is 16.1. The van der Waals surface area contributed by atoms with Crippen LogP contribution < -0.4 is 19.5 Å². The first kappa shape index (κ1) is 16.2. The van der Waals surface area contributed by atoms with Crippen LogP contribution in [0.25, 0.3) is 0 Å². The minimum absolute atomic E-state index is 0.00798. The second kappa shape index (κ2) is 7.20. The van der Waals surface area contributed by atoms with Crippen molar-refractivity contribution < 1.29 is 19.3 Å². The highest BCUT2D eigenvalue weighted by Gasteiger charge is 2.12. The van der Waals surface area contributed by atoms with Crippen molar-refractivity contribution >= 4 is 34.7 Å². The Labute approximate surface area is 138 Å². The zero-order valence-corrected chi connectivity index (χ0v) is 13.5. The third kappa shape index (κ3) is 3.72. The van der Waals surface area contributed by atoms with Gasteiger partial charge in [0, 0.05) is 6.07 Å². The van der Waals surface area contributed by atoms with Crippen LogP contribution in [0.5, 0.6) is 23.0 Å². The second-order valence-corrected chi connectivity index (χ2v) is 4.95. The number of ether oxygens (including phenoxy) is 3. The third-order valence-electron chi connectivity index (χ3n) is 2.78. The smallest absolute Gasteiger partial charge is 0.266 e. The molecule has 0 atom stereocenters. The molecule has 0 heterocycles. The number of methoxy groups -OCH3 is 2. The third-order valence-corrected chi connectivity index (χ3v) is 3.26. The number of para-hydroxylation sites is 2. The Morgan fingerprint density at radius 1 is 1.09 bits per heavy atom. The SMILES string of the molecule is COc1cc(OC)c(NC(=S)Oc2ccccc2O)cc1Cl. The van der Waals surface area contributed by atoms with Gasteiger partial charge < -0.3 is 24.6 Å². The lowest BCUT2D eigenvalue weighted by Crippen LogP contribution is -2.17. The van der Waals surface area contributed by atoms with E-state index in [0.717, 1.165) is 0 Å². The first-order valence-corrected chi connectivity index (χ1v) is 7.02. The maximum Gasteiger partial charge on any atom is 0.266 e. The molecule has 0 aromatic heterocycles. The average molecular weight is 340 g/mol. The summed E-state index contributed by atoms with van der Waals surface area (Å²) < 4.78 is 15.8. The lowest BCUT2D eigenvalue weighted by atomic mass is 10.2. The molecule has 0 amide bonds. The van der Waals surface area contributed by atoms with E-state index in [4.69, 9.17) is 38.0 Å². The van der Waals surface area contributed by atoms with Crippen molar-refractivity contribution in [2.75, 3.05) is 19.5 Å². The highest BCUT2D eigenvalue weighted by atomic mass is 35.5. The normalized spacial score (nSPS) is 9.95. The fraction of sp³-hybridized carbons (Fsp3) is 0.133. The van der Waals surface area contributed by atoms with E-state index in [1.54, 1.807) is 30.3 Å². The molecule has 7 heteroatoms. The second-order valence-electron chi connectivity index (χ2n) is 4.17. The molecule has 0 saturated carbocycles. The van der Waals surface area contributed by atoms with Crippen molar-refractivity contribution in [3.8, 4) is 23.0 Å². The van der Waals surface area contributed by atoms with Crippen LogP contribution >= 0.6 is 23.8 Å². The summed E-state index contributed by atoms with van der Waals surface area (Å²) in [4.78, 5) is 0. The number of rotatable bonds is 4. The van der Waals surface area contributed by atoms with Gasteiger partial charge in [-0.1, -0.05) is 23.7 Å². The number of benzene rings is 2. The maximum atomic E-state index is 9.66. The van der Waals surface area contributed by atoms with Crippen LogP contribution in [0, 0.1) is 0 Å². The topological polar surface area (TPSA) is 60.0 Å². The van der Waals surface area contributed by atoms with Gasteiger partial charge in [0.15, 0.2) is 11.5 Å². The van der Waals surface area contributed by atoms with Crippen LogP contribution in [0.1, 0.15) is 0 Å². The van der Waals surface area contributed by atoms with E-state index in [0.29, 0.717) is 22.2 Å². The summed E-state index contributed by atoms with van der Waals surface area (Å²) in [6, 6.07) is 9.75. The van der Waals surface area contributed by atoms with E-state index in [1.807, 2.05) is 0 Å². The number of phenolic OH excluding ortho intramolecular Hbond substituents is 1. The molecule has 0 spiro atoms. The quantitative estimate of drug-likeness (QED) is 0.825. The first-order valence-electron chi connectivity index (χ1n) is 6.23. The fourth-order valence-electron chi connectivity index (χ4n) is 1.74. The molecule has 0 aliphatic rings. The van der Waals surface area contributed by atoms with Crippen LogP contribution in [0.2, 0.25) is 5.02 Å². The van der Waals surface area contributed by atoms with Crippen molar-refractivity contribution in [3.63, 3.8) is 0 Å². The lowest BCUT2D eigenvalue weighted by molar-refractivity contribution is 0.395. The zero-order valence-electron chi connectivity index (χ0n) is 11.9. The van der Waals surface area contributed by atoms with Crippen LogP contribution in [0.4, 0.5) is 5.69 Å². The van der Waals surface area contributed by atoms with Gasteiger partial charge in [-0.15, -0.1) is 0 Å². The number of anilines is 1. The summed E-state index contributed by atoms with van der Waals surface area (Å²) >= 11 is 11.2. The van der Waals surface area contributed by atoms with E-state index in [2.05, 4.69) is 5.32 Å². The molecule has 2 aromatic carbocycles. The van der Waals surface area contributed by atoms with Crippen molar-refractivity contribution in [3.05, 3.63) is 41.4 Å². The maximum absolute atomic E-state index is 9.66. The van der Waals surface area contributed by atoms with Gasteiger partial charge in [0.2, 0.25) is 0 Å². The average Bonchev–Trinajstić information content (AvgIpc) is 2.50. The molecule has 0 radical (unpaired) electrons. The number of thiocarbonyl (C=S) groups is 1. The van der Waals surface area contributed by atoms with Crippen molar-refractivity contribution in [2.24, 2.45) is 0 Å². The van der Waals surface area contributed by atoms with Gasteiger partial charge in [-0.05, 0) is 30.4 Å². The lowest BCUT2D eigenvalue weighted by Gasteiger charge is -2.15. The van der Waals surface area contributed by atoms with E-state index in [1.165, 1.54) is 20.3 Å². The molecular formula is C15H14ClNO4S. The minimum Gasteiger partial charge on any atom is -0.504 e. The monoisotopic (exact) mass is 339 g/mol. The van der Waals surface area contributed by atoms with Crippen molar-refractivity contribution in [1.29, 1.82) is 0 Å². The van der Waals surface area contributed by atoms with Gasteiger partial charge in [0.05, 0.1) is 24.9 Å². The molecule has 5 nitrogen and oxygen atoms in total. The summed E-state index contributed by atoms with van der Waals surface area (Å²) in [7, 11) is 3.03. The molecule has 22 heavy (non-hydrogen) atoms. The van der Waals surface area contributed by atoms with Crippen LogP contribution in [0.3, 0.4) is 0 Å². The van der Waals surface area contributed by atoms with Gasteiger partial charge in [0.1, 0.15) is 11.5 Å². The Hall–Kier alpha value is -2.18.